The van der Waals surface area contributed by atoms with E-state index in [1.54, 1.807) is 24.3 Å². The lowest BCUT2D eigenvalue weighted by Crippen LogP contribution is -2.24. The van der Waals surface area contributed by atoms with Crippen molar-refractivity contribution in [1.82, 2.24) is 4.57 Å². The molecule has 1 amide bonds. The van der Waals surface area contributed by atoms with E-state index in [1.807, 2.05) is 6.07 Å². The number of non-ortho nitro benzene ring substituents is 1. The van der Waals surface area contributed by atoms with Crippen LogP contribution in [0.1, 0.15) is 0 Å². The lowest BCUT2D eigenvalue weighted by Gasteiger charge is -2.05. The molecule has 0 fully saturated rings. The molecule has 0 aliphatic rings. The van der Waals surface area contributed by atoms with Gasteiger partial charge in [0.2, 0.25) is 5.91 Å². The molecule has 8 heteroatoms. The molecule has 0 atom stereocenters. The molecule has 23 heavy (non-hydrogen) atoms. The molecule has 116 valence electrons. The van der Waals surface area contributed by atoms with E-state index in [-0.39, 0.29) is 23.3 Å². The van der Waals surface area contributed by atoms with E-state index in [1.165, 1.54) is 18.2 Å². The molecule has 3 rings (SSSR count). The Morgan fingerprint density at radius 3 is 2.65 bits per heavy atom. The van der Waals surface area contributed by atoms with Crippen LogP contribution in [0.2, 0.25) is 0 Å². The second kappa shape index (κ2) is 5.76. The average Bonchev–Trinajstić information content (AvgIpc) is 2.83. The molecule has 0 aliphatic heterocycles. The first-order valence-electron chi connectivity index (χ1n) is 6.67. The van der Waals surface area contributed by atoms with Gasteiger partial charge < -0.3 is 9.73 Å². The Morgan fingerprint density at radius 1 is 1.22 bits per heavy atom. The first-order valence-corrected chi connectivity index (χ1v) is 6.67. The quantitative estimate of drug-likeness (QED) is 0.586. The van der Waals surface area contributed by atoms with Crippen molar-refractivity contribution in [3.05, 3.63) is 69.2 Å². The molecule has 0 bridgehead atoms. The van der Waals surface area contributed by atoms with Crippen molar-refractivity contribution in [2.75, 3.05) is 5.32 Å². The van der Waals surface area contributed by atoms with Crippen molar-refractivity contribution in [3.63, 3.8) is 0 Å². The molecule has 0 spiro atoms. The van der Waals surface area contributed by atoms with Gasteiger partial charge in [0, 0.05) is 17.8 Å². The Hall–Kier alpha value is -3.42. The topological polar surface area (TPSA) is 107 Å². The van der Waals surface area contributed by atoms with E-state index in [4.69, 9.17) is 4.42 Å². The smallest absolute Gasteiger partial charge is 0.408 e. The minimum atomic E-state index is -0.747. The number of oxazole rings is 1. The highest BCUT2D eigenvalue weighted by molar-refractivity contribution is 5.91. The minimum Gasteiger partial charge on any atom is -0.408 e. The number of rotatable bonds is 4. The van der Waals surface area contributed by atoms with Gasteiger partial charge in [-0.3, -0.25) is 19.5 Å². The van der Waals surface area contributed by atoms with Crippen LogP contribution >= 0.6 is 0 Å². The highest BCUT2D eigenvalue weighted by Gasteiger charge is 2.16. The Morgan fingerprint density at radius 2 is 1.96 bits per heavy atom. The number of para-hydroxylation sites is 1. The van der Waals surface area contributed by atoms with E-state index in [0.717, 1.165) is 4.57 Å². The summed E-state index contributed by atoms with van der Waals surface area (Å²) in [6.45, 7) is -0.304. The van der Waals surface area contributed by atoms with Crippen LogP contribution in [-0.4, -0.2) is 15.4 Å². The first kappa shape index (κ1) is 14.5. The molecular weight excluding hydrogens is 302 g/mol. The van der Waals surface area contributed by atoms with E-state index in [2.05, 4.69) is 5.32 Å². The monoisotopic (exact) mass is 313 g/mol. The molecule has 0 saturated heterocycles. The predicted octanol–water partition coefficient (Wildman–Crippen LogP) is 2.14. The van der Waals surface area contributed by atoms with Gasteiger partial charge in [0.25, 0.3) is 5.69 Å². The van der Waals surface area contributed by atoms with Gasteiger partial charge in [-0.05, 0) is 18.2 Å². The number of anilines is 1. The highest BCUT2D eigenvalue weighted by atomic mass is 16.6. The third kappa shape index (κ3) is 2.95. The van der Waals surface area contributed by atoms with E-state index in [0.29, 0.717) is 5.69 Å². The third-order valence-corrected chi connectivity index (χ3v) is 3.22. The number of hydrogen-bond donors (Lipinski definition) is 1. The normalized spacial score (nSPS) is 10.6. The highest BCUT2D eigenvalue weighted by Crippen LogP contribution is 2.20. The van der Waals surface area contributed by atoms with Gasteiger partial charge in [-0.15, -0.1) is 0 Å². The number of fused-ring (bicyclic) bond motifs is 1. The molecule has 2 aromatic carbocycles. The second-order valence-corrected chi connectivity index (χ2v) is 4.78. The van der Waals surface area contributed by atoms with Crippen LogP contribution in [0.5, 0.6) is 0 Å². The zero-order valence-corrected chi connectivity index (χ0v) is 11.8. The summed E-state index contributed by atoms with van der Waals surface area (Å²) >= 11 is 0. The van der Waals surface area contributed by atoms with Crippen molar-refractivity contribution < 1.29 is 14.1 Å². The van der Waals surface area contributed by atoms with Crippen molar-refractivity contribution in [2.24, 2.45) is 0 Å². The molecular formula is C15H11N3O5. The van der Waals surface area contributed by atoms with Crippen molar-refractivity contribution in [3.8, 4) is 0 Å². The van der Waals surface area contributed by atoms with Gasteiger partial charge >= 0.3 is 5.76 Å². The van der Waals surface area contributed by atoms with Crippen molar-refractivity contribution in [1.29, 1.82) is 0 Å². The van der Waals surface area contributed by atoms with Crippen LogP contribution in [0, 0.1) is 10.1 Å². The molecule has 1 N–H and O–H groups in total. The first-order chi connectivity index (χ1) is 11.0. The Kier molecular flexibility index (Phi) is 3.63. The Balaban J connectivity index is 1.91. The van der Waals surface area contributed by atoms with Crippen molar-refractivity contribution >= 4 is 28.4 Å². The summed E-state index contributed by atoms with van der Waals surface area (Å²) in [4.78, 5) is 34.2. The Bertz CT molecular complexity index is 943. The Labute approximate surface area is 129 Å². The summed E-state index contributed by atoms with van der Waals surface area (Å²) in [5.74, 6) is -1.18. The van der Waals surface area contributed by atoms with Crippen LogP contribution in [0.25, 0.3) is 11.1 Å². The fourth-order valence-electron chi connectivity index (χ4n) is 2.18. The average molecular weight is 313 g/mol. The molecule has 3 aromatic rings. The number of amides is 1. The van der Waals surface area contributed by atoms with Crippen LogP contribution in [0.3, 0.4) is 0 Å². The summed E-state index contributed by atoms with van der Waals surface area (Å²) < 4.78 is 6.05. The number of aromatic nitrogens is 1. The number of nitro groups is 1. The van der Waals surface area contributed by atoms with Crippen molar-refractivity contribution in [2.45, 2.75) is 6.54 Å². The van der Waals surface area contributed by atoms with Crippen LogP contribution in [0.15, 0.2) is 57.7 Å². The zero-order chi connectivity index (χ0) is 16.4. The van der Waals surface area contributed by atoms with Crippen LogP contribution in [-0.2, 0) is 11.3 Å². The summed E-state index contributed by atoms with van der Waals surface area (Å²) in [5, 5.41) is 13.5. The maximum atomic E-state index is 12.0. The number of carbonyl (C=O) groups is 1. The summed E-state index contributed by atoms with van der Waals surface area (Å²) in [6, 6.07) is 12.5. The van der Waals surface area contributed by atoms with Gasteiger partial charge in [-0.2, -0.15) is 0 Å². The molecule has 0 radical (unpaired) electrons. The number of carbonyl (C=O) groups excluding carboxylic acids is 1. The molecule has 0 saturated carbocycles. The lowest BCUT2D eigenvalue weighted by atomic mass is 10.3. The maximum absolute atomic E-state index is 12.0. The summed E-state index contributed by atoms with van der Waals surface area (Å²) in [7, 11) is 0. The molecule has 1 aromatic heterocycles. The minimum absolute atomic E-state index is 0.185. The SMILES string of the molecule is O=C(Cn1c(=O)oc2ccc([N+](=O)[O-])cc21)Nc1ccccc1. The van der Waals surface area contributed by atoms with E-state index < -0.39 is 16.6 Å². The molecule has 0 aliphatic carbocycles. The van der Waals surface area contributed by atoms with Crippen LogP contribution < -0.4 is 11.1 Å². The molecule has 0 unspecified atom stereocenters. The number of nitrogens with zero attached hydrogens (tertiary/aromatic N) is 2. The fourth-order valence-corrected chi connectivity index (χ4v) is 2.18. The third-order valence-electron chi connectivity index (χ3n) is 3.22. The zero-order valence-electron chi connectivity index (χ0n) is 11.8. The summed E-state index contributed by atoms with van der Waals surface area (Å²) in [6.07, 6.45) is 0. The lowest BCUT2D eigenvalue weighted by molar-refractivity contribution is -0.384. The number of benzene rings is 2. The van der Waals surface area contributed by atoms with Gasteiger partial charge in [-0.25, -0.2) is 4.79 Å². The number of nitro benzene ring substituents is 1. The standard InChI is InChI=1S/C15H11N3O5/c19-14(16-10-4-2-1-3-5-10)9-17-12-8-11(18(21)22)6-7-13(12)23-15(17)20/h1-8H,9H2,(H,16,19). The number of hydrogen-bond acceptors (Lipinski definition) is 5. The maximum Gasteiger partial charge on any atom is 0.420 e. The fraction of sp³-hybridized carbons (Fsp3) is 0.0667. The number of nitrogens with one attached hydrogen (secondary N) is 1. The predicted molar refractivity (Wildman–Crippen MR) is 82.2 cm³/mol. The largest absolute Gasteiger partial charge is 0.420 e. The van der Waals surface area contributed by atoms with E-state index in [9.17, 15) is 19.7 Å². The second-order valence-electron chi connectivity index (χ2n) is 4.78. The van der Waals surface area contributed by atoms with Gasteiger partial charge in [0.05, 0.1) is 10.4 Å². The van der Waals surface area contributed by atoms with Gasteiger partial charge in [0.15, 0.2) is 5.58 Å². The van der Waals surface area contributed by atoms with Crippen LogP contribution in [0.4, 0.5) is 11.4 Å². The van der Waals surface area contributed by atoms with Gasteiger partial charge in [0.1, 0.15) is 6.54 Å². The summed E-state index contributed by atoms with van der Waals surface area (Å²) in [5.41, 5.74) is 0.792. The van der Waals surface area contributed by atoms with E-state index >= 15 is 0 Å². The van der Waals surface area contributed by atoms with Gasteiger partial charge in [-0.1, -0.05) is 18.2 Å². The molecule has 8 nitrogen and oxygen atoms in total. The molecule has 1 heterocycles.